The van der Waals surface area contributed by atoms with Crippen LogP contribution in [0.5, 0.6) is 0 Å². The van der Waals surface area contributed by atoms with Crippen LogP contribution in [0.25, 0.3) is 0 Å². The van der Waals surface area contributed by atoms with Gasteiger partial charge in [0.15, 0.2) is 0 Å². The van der Waals surface area contributed by atoms with Crippen molar-refractivity contribution in [2.45, 2.75) is 32.6 Å². The molecule has 0 aromatic heterocycles. The predicted octanol–water partition coefficient (Wildman–Crippen LogP) is 1.25. The first-order chi connectivity index (χ1) is 8.75. The number of carboxylic acid groups (broad SMARTS) is 2. The number of hydrogen-bond acceptors (Lipinski definition) is 5. The Hall–Kier alpha value is -1.41. The molecular formula is C11H20O7S. The second-order valence-electron chi connectivity index (χ2n) is 3.48. The monoisotopic (exact) mass is 296 g/mol. The van der Waals surface area contributed by atoms with Crippen LogP contribution in [0, 0.1) is 0 Å². The largest absolute Gasteiger partial charge is 0.481 e. The van der Waals surface area contributed by atoms with Crippen LogP contribution < -0.4 is 0 Å². The summed E-state index contributed by atoms with van der Waals surface area (Å²) in [5.41, 5.74) is 0. The van der Waals surface area contributed by atoms with Gasteiger partial charge in [-0.05, 0) is 6.42 Å². The zero-order valence-corrected chi connectivity index (χ0v) is 11.7. The van der Waals surface area contributed by atoms with E-state index >= 15 is 0 Å². The molecule has 0 unspecified atom stereocenters. The van der Waals surface area contributed by atoms with Crippen molar-refractivity contribution in [3.8, 4) is 0 Å². The number of carboxylic acids is 2. The zero-order valence-electron chi connectivity index (χ0n) is 10.9. The zero-order chi connectivity index (χ0) is 15.3. The van der Waals surface area contributed by atoms with Crippen LogP contribution >= 0.6 is 0 Å². The maximum absolute atomic E-state index is 10.8. The van der Waals surface area contributed by atoms with Gasteiger partial charge in [0.2, 0.25) is 0 Å². The Kier molecular flexibility index (Phi) is 12.2. The quantitative estimate of drug-likeness (QED) is 0.373. The maximum atomic E-state index is 10.8. The molecule has 0 saturated carbocycles. The minimum absolute atomic E-state index is 0.100. The maximum Gasteiger partial charge on any atom is 0.303 e. The SMILES string of the molecule is C=CCS(=O)(=O)OCCCC.O=C(O)CCC(=O)O. The predicted molar refractivity (Wildman–Crippen MR) is 69.3 cm³/mol. The lowest BCUT2D eigenvalue weighted by Gasteiger charge is -2.00. The first-order valence-electron chi connectivity index (χ1n) is 5.66. The highest BCUT2D eigenvalue weighted by atomic mass is 32.2. The fraction of sp³-hybridized carbons (Fsp3) is 0.636. The first-order valence-corrected chi connectivity index (χ1v) is 7.24. The summed E-state index contributed by atoms with van der Waals surface area (Å²) in [6, 6.07) is 0. The third kappa shape index (κ3) is 19.1. The van der Waals surface area contributed by atoms with E-state index in [4.69, 9.17) is 10.2 Å². The van der Waals surface area contributed by atoms with Crippen LogP contribution in [0.2, 0.25) is 0 Å². The summed E-state index contributed by atoms with van der Waals surface area (Å²) in [4.78, 5) is 19.3. The Morgan fingerprint density at radius 1 is 1.21 bits per heavy atom. The van der Waals surface area contributed by atoms with E-state index in [9.17, 15) is 18.0 Å². The minimum atomic E-state index is -3.32. The second-order valence-corrected chi connectivity index (χ2v) is 5.16. The highest BCUT2D eigenvalue weighted by molar-refractivity contribution is 7.86. The van der Waals surface area contributed by atoms with Gasteiger partial charge in [0.25, 0.3) is 10.1 Å². The van der Waals surface area contributed by atoms with Gasteiger partial charge in [-0.3, -0.25) is 13.8 Å². The molecule has 0 aliphatic carbocycles. The molecule has 0 atom stereocenters. The topological polar surface area (TPSA) is 118 Å². The summed E-state index contributed by atoms with van der Waals surface area (Å²) in [6.07, 6.45) is 2.44. The molecule has 0 rings (SSSR count). The fourth-order valence-electron chi connectivity index (χ4n) is 0.737. The molecular weight excluding hydrogens is 276 g/mol. The van der Waals surface area contributed by atoms with Gasteiger partial charge in [-0.1, -0.05) is 19.4 Å². The van der Waals surface area contributed by atoms with E-state index in [1.165, 1.54) is 6.08 Å². The highest BCUT2D eigenvalue weighted by Crippen LogP contribution is 1.96. The van der Waals surface area contributed by atoms with E-state index in [0.29, 0.717) is 0 Å². The van der Waals surface area contributed by atoms with Crippen LogP contribution in [0.3, 0.4) is 0 Å². The number of carbonyl (C=O) groups is 2. The molecule has 0 bridgehead atoms. The van der Waals surface area contributed by atoms with E-state index in [-0.39, 0.29) is 25.2 Å². The summed E-state index contributed by atoms with van der Waals surface area (Å²) in [5.74, 6) is -2.25. The van der Waals surface area contributed by atoms with Crippen molar-refractivity contribution in [1.29, 1.82) is 0 Å². The molecule has 112 valence electrons. The average molecular weight is 296 g/mol. The highest BCUT2D eigenvalue weighted by Gasteiger charge is 2.06. The normalized spacial score (nSPS) is 10.2. The number of unbranched alkanes of at least 4 members (excludes halogenated alkanes) is 1. The molecule has 0 saturated heterocycles. The molecule has 7 nitrogen and oxygen atoms in total. The smallest absolute Gasteiger partial charge is 0.303 e. The number of aliphatic carboxylic acids is 2. The summed E-state index contributed by atoms with van der Waals surface area (Å²) >= 11 is 0. The molecule has 2 N–H and O–H groups in total. The van der Waals surface area contributed by atoms with Crippen molar-refractivity contribution in [3.05, 3.63) is 12.7 Å². The lowest BCUT2D eigenvalue weighted by molar-refractivity contribution is -0.143. The summed E-state index contributed by atoms with van der Waals surface area (Å²) in [5, 5.41) is 15.8. The third-order valence-corrected chi connectivity index (χ3v) is 2.81. The van der Waals surface area contributed by atoms with Crippen LogP contribution in [0.4, 0.5) is 0 Å². The lowest BCUT2D eigenvalue weighted by atomic mass is 10.3. The second kappa shape index (κ2) is 11.7. The Labute approximate surface area is 113 Å². The van der Waals surface area contributed by atoms with E-state index in [1.54, 1.807) is 0 Å². The van der Waals surface area contributed by atoms with Crippen molar-refractivity contribution < 1.29 is 32.4 Å². The Bertz CT molecular complexity index is 359. The van der Waals surface area contributed by atoms with Crippen molar-refractivity contribution in [2.24, 2.45) is 0 Å². The van der Waals surface area contributed by atoms with E-state index in [1.807, 2.05) is 6.92 Å². The van der Waals surface area contributed by atoms with Gasteiger partial charge < -0.3 is 10.2 Å². The van der Waals surface area contributed by atoms with Gasteiger partial charge in [-0.2, -0.15) is 8.42 Å². The van der Waals surface area contributed by atoms with Crippen LogP contribution in [-0.2, 0) is 23.9 Å². The molecule has 0 amide bonds. The van der Waals surface area contributed by atoms with Crippen molar-refractivity contribution in [3.63, 3.8) is 0 Å². The molecule has 0 heterocycles. The van der Waals surface area contributed by atoms with Crippen molar-refractivity contribution in [1.82, 2.24) is 0 Å². The van der Waals surface area contributed by atoms with Crippen molar-refractivity contribution in [2.75, 3.05) is 12.4 Å². The van der Waals surface area contributed by atoms with Crippen molar-refractivity contribution >= 4 is 22.1 Å². The average Bonchev–Trinajstić information content (AvgIpc) is 2.27. The molecule has 0 aliphatic rings. The summed E-state index contributed by atoms with van der Waals surface area (Å²) in [6.45, 7) is 5.58. The van der Waals surface area contributed by atoms with Crippen LogP contribution in [0.1, 0.15) is 32.6 Å². The van der Waals surface area contributed by atoms with E-state index < -0.39 is 22.1 Å². The van der Waals surface area contributed by atoms with Crippen LogP contribution in [0.15, 0.2) is 12.7 Å². The molecule has 0 fully saturated rings. The number of hydrogen-bond donors (Lipinski definition) is 2. The fourth-order valence-corrected chi connectivity index (χ4v) is 1.49. The van der Waals surface area contributed by atoms with Gasteiger partial charge >= 0.3 is 11.9 Å². The Morgan fingerprint density at radius 2 is 1.68 bits per heavy atom. The van der Waals surface area contributed by atoms with Gasteiger partial charge in [-0.15, -0.1) is 6.58 Å². The van der Waals surface area contributed by atoms with Gasteiger partial charge in [0.1, 0.15) is 0 Å². The van der Waals surface area contributed by atoms with Gasteiger partial charge in [0, 0.05) is 0 Å². The number of rotatable bonds is 9. The minimum Gasteiger partial charge on any atom is -0.481 e. The standard InChI is InChI=1S/C7H14O3S.C4H6O4/c1-3-5-6-10-11(8,9)7-4-2;5-3(6)1-2-4(7)8/h4H,2-3,5-7H2,1H3;1-2H2,(H,5,6)(H,7,8). The first kappa shape index (κ1) is 19.9. The summed E-state index contributed by atoms with van der Waals surface area (Å²) in [7, 11) is -3.32. The molecule has 19 heavy (non-hydrogen) atoms. The van der Waals surface area contributed by atoms with E-state index in [0.717, 1.165) is 12.8 Å². The van der Waals surface area contributed by atoms with Crippen LogP contribution in [-0.4, -0.2) is 42.9 Å². The molecule has 0 aromatic rings. The molecule has 0 aliphatic heterocycles. The molecule has 8 heteroatoms. The third-order valence-electron chi connectivity index (χ3n) is 1.64. The lowest BCUT2D eigenvalue weighted by Crippen LogP contribution is -2.09. The van der Waals surface area contributed by atoms with Gasteiger partial charge in [0.05, 0.1) is 25.2 Å². The Balaban J connectivity index is 0. The summed E-state index contributed by atoms with van der Waals surface area (Å²) < 4.78 is 26.2. The van der Waals surface area contributed by atoms with Gasteiger partial charge in [-0.25, -0.2) is 0 Å². The molecule has 0 spiro atoms. The van der Waals surface area contributed by atoms with E-state index in [2.05, 4.69) is 10.8 Å². The Morgan fingerprint density at radius 3 is 2.00 bits per heavy atom. The molecule has 0 radical (unpaired) electrons. The molecule has 0 aromatic carbocycles.